The van der Waals surface area contributed by atoms with Crippen LogP contribution in [0.1, 0.15) is 86.8 Å². The van der Waals surface area contributed by atoms with E-state index in [0.29, 0.717) is 38.4 Å². The predicted molar refractivity (Wildman–Crippen MR) is 145 cm³/mol. The maximum Gasteiger partial charge on any atom is 0.329 e. The van der Waals surface area contributed by atoms with E-state index < -0.39 is 11.9 Å². The molecule has 204 valence electrons. The zero-order valence-corrected chi connectivity index (χ0v) is 24.0. The first-order valence-corrected chi connectivity index (χ1v) is 13.1. The molecule has 1 atom stereocenters. The lowest BCUT2D eigenvalue weighted by Gasteiger charge is -2.27. The molecule has 8 nitrogen and oxygen atoms in total. The van der Waals surface area contributed by atoms with E-state index in [-0.39, 0.29) is 28.8 Å². The lowest BCUT2D eigenvalue weighted by atomic mass is 9.84. The SMILES string of the molecule is CC.CC.Cn1c(=O)n(C2CCC(=O)NC2=O)c2cccc(C(C)(C)COCCOCC(C)(C)C)c21. The molecule has 1 unspecified atom stereocenters. The minimum atomic E-state index is -0.696. The van der Waals surface area contributed by atoms with E-state index in [2.05, 4.69) is 39.9 Å². The number of carbonyl (C=O) groups excluding carboxylic acids is 2. The average molecular weight is 506 g/mol. The van der Waals surface area contributed by atoms with Gasteiger partial charge in [0.15, 0.2) is 0 Å². The van der Waals surface area contributed by atoms with E-state index in [1.165, 1.54) is 4.57 Å². The fourth-order valence-corrected chi connectivity index (χ4v) is 4.12. The van der Waals surface area contributed by atoms with Crippen LogP contribution in [0.15, 0.2) is 23.0 Å². The van der Waals surface area contributed by atoms with Crippen LogP contribution in [0.4, 0.5) is 0 Å². The zero-order chi connectivity index (χ0) is 27.7. The van der Waals surface area contributed by atoms with Gasteiger partial charge in [-0.1, -0.05) is 74.4 Å². The smallest absolute Gasteiger partial charge is 0.329 e. The summed E-state index contributed by atoms with van der Waals surface area (Å²) in [6.07, 6.45) is 0.532. The second-order valence-corrected chi connectivity index (χ2v) is 10.4. The van der Waals surface area contributed by atoms with Gasteiger partial charge in [-0.15, -0.1) is 0 Å². The normalized spacial score (nSPS) is 16.1. The van der Waals surface area contributed by atoms with Crippen molar-refractivity contribution in [3.63, 3.8) is 0 Å². The highest BCUT2D eigenvalue weighted by Crippen LogP contribution is 2.32. The summed E-state index contributed by atoms with van der Waals surface area (Å²) in [6, 6.07) is 5.05. The second kappa shape index (κ2) is 13.7. The third-order valence-corrected chi connectivity index (χ3v) is 5.72. The topological polar surface area (TPSA) is 91.6 Å². The van der Waals surface area contributed by atoms with E-state index >= 15 is 0 Å². The summed E-state index contributed by atoms with van der Waals surface area (Å²) < 4.78 is 14.7. The van der Waals surface area contributed by atoms with Crippen molar-refractivity contribution in [2.45, 2.75) is 86.6 Å². The number of amides is 2. The number of rotatable bonds is 8. The summed E-state index contributed by atoms with van der Waals surface area (Å²) in [5.74, 6) is -0.732. The highest BCUT2D eigenvalue weighted by molar-refractivity contribution is 6.00. The Labute approximate surface area is 216 Å². The van der Waals surface area contributed by atoms with Gasteiger partial charge < -0.3 is 9.47 Å². The van der Waals surface area contributed by atoms with Crippen molar-refractivity contribution in [2.24, 2.45) is 12.5 Å². The first kappa shape index (κ1) is 31.6. The van der Waals surface area contributed by atoms with Gasteiger partial charge in [-0.2, -0.15) is 0 Å². The van der Waals surface area contributed by atoms with Crippen LogP contribution in [-0.2, 0) is 31.5 Å². The highest BCUT2D eigenvalue weighted by Gasteiger charge is 2.33. The molecular weight excluding hydrogens is 458 g/mol. The van der Waals surface area contributed by atoms with Crippen molar-refractivity contribution in [3.8, 4) is 0 Å². The molecule has 0 spiro atoms. The number of imidazole rings is 1. The number of ether oxygens (including phenoxy) is 2. The Kier molecular flexibility index (Phi) is 12.1. The third kappa shape index (κ3) is 7.77. The van der Waals surface area contributed by atoms with Gasteiger partial charge in [0.25, 0.3) is 0 Å². The number of nitrogens with zero attached hydrogens (tertiary/aromatic N) is 2. The van der Waals surface area contributed by atoms with E-state index in [4.69, 9.17) is 9.47 Å². The van der Waals surface area contributed by atoms with Crippen LogP contribution in [0, 0.1) is 5.41 Å². The number of para-hydroxylation sites is 1. The van der Waals surface area contributed by atoms with Crippen molar-refractivity contribution in [2.75, 3.05) is 26.4 Å². The fraction of sp³-hybridized carbons (Fsp3) is 0.679. The van der Waals surface area contributed by atoms with Crippen molar-refractivity contribution in [1.29, 1.82) is 0 Å². The van der Waals surface area contributed by atoms with Gasteiger partial charge in [0.05, 0.1) is 37.5 Å². The number of piperidine rings is 1. The zero-order valence-electron chi connectivity index (χ0n) is 24.0. The van der Waals surface area contributed by atoms with Crippen molar-refractivity contribution in [3.05, 3.63) is 34.2 Å². The first-order chi connectivity index (χ1) is 16.9. The van der Waals surface area contributed by atoms with Gasteiger partial charge in [-0.05, 0) is 23.5 Å². The number of benzene rings is 1. The molecule has 1 aliphatic rings. The van der Waals surface area contributed by atoms with E-state index in [1.807, 2.05) is 45.9 Å². The second-order valence-electron chi connectivity index (χ2n) is 10.4. The van der Waals surface area contributed by atoms with Crippen LogP contribution < -0.4 is 11.0 Å². The monoisotopic (exact) mass is 505 g/mol. The lowest BCUT2D eigenvalue weighted by molar-refractivity contribution is -0.135. The number of hydrogen-bond acceptors (Lipinski definition) is 5. The summed E-state index contributed by atoms with van der Waals surface area (Å²) in [7, 11) is 1.72. The number of carbonyl (C=O) groups is 2. The Balaban J connectivity index is 0.00000154. The first-order valence-electron chi connectivity index (χ1n) is 13.1. The minimum Gasteiger partial charge on any atom is -0.379 e. The van der Waals surface area contributed by atoms with E-state index in [1.54, 1.807) is 11.6 Å². The van der Waals surface area contributed by atoms with Crippen molar-refractivity contribution < 1.29 is 19.1 Å². The number of aromatic nitrogens is 2. The van der Waals surface area contributed by atoms with Gasteiger partial charge in [0.1, 0.15) is 6.04 Å². The Morgan fingerprint density at radius 1 is 0.944 bits per heavy atom. The predicted octanol–water partition coefficient (Wildman–Crippen LogP) is 4.73. The van der Waals surface area contributed by atoms with Crippen LogP contribution in [-0.4, -0.2) is 47.4 Å². The maximum absolute atomic E-state index is 13.1. The molecule has 36 heavy (non-hydrogen) atoms. The molecular formula is C28H47N3O5. The van der Waals surface area contributed by atoms with E-state index in [0.717, 1.165) is 11.1 Å². The molecule has 8 heteroatoms. The summed E-state index contributed by atoms with van der Waals surface area (Å²) in [5, 5.41) is 2.35. The lowest BCUT2D eigenvalue weighted by Crippen LogP contribution is -2.44. The van der Waals surface area contributed by atoms with E-state index in [9.17, 15) is 14.4 Å². The number of nitrogens with one attached hydrogen (secondary N) is 1. The summed E-state index contributed by atoms with van der Waals surface area (Å²) in [4.78, 5) is 37.1. The van der Waals surface area contributed by atoms with Gasteiger partial charge in [-0.25, -0.2) is 4.79 Å². The molecule has 1 fully saturated rings. The molecule has 2 heterocycles. The van der Waals surface area contributed by atoms with Gasteiger partial charge in [0, 0.05) is 18.9 Å². The molecule has 0 radical (unpaired) electrons. The number of aryl methyl sites for hydroxylation is 1. The molecule has 1 N–H and O–H groups in total. The summed E-state index contributed by atoms with van der Waals surface area (Å²) in [5.41, 5.74) is 1.91. The van der Waals surface area contributed by atoms with Crippen LogP contribution in [0.3, 0.4) is 0 Å². The third-order valence-electron chi connectivity index (χ3n) is 5.72. The highest BCUT2D eigenvalue weighted by atomic mass is 16.5. The minimum absolute atomic E-state index is 0.120. The van der Waals surface area contributed by atoms with Crippen LogP contribution in [0.5, 0.6) is 0 Å². The number of fused-ring (bicyclic) bond motifs is 1. The number of hydrogen-bond donors (Lipinski definition) is 1. The van der Waals surface area contributed by atoms with Gasteiger partial charge in [-0.3, -0.25) is 24.0 Å². The molecule has 1 aromatic carbocycles. The van der Waals surface area contributed by atoms with Crippen LogP contribution in [0.2, 0.25) is 0 Å². The molecule has 1 saturated heterocycles. The Hall–Kier alpha value is -2.45. The standard InChI is InChI=1S/C24H35N3O5.2C2H6/c1-23(2,3)14-31-12-13-32-15-24(4,5)16-8-7-9-17-20(16)26(6)22(30)27(17)18-10-11-19(28)25-21(18)29;2*1-2/h7-9,18H,10-15H2,1-6H3,(H,25,28,29);2*1-2H3. The quantitative estimate of drug-likeness (QED) is 0.414. The fourth-order valence-electron chi connectivity index (χ4n) is 4.12. The van der Waals surface area contributed by atoms with Crippen molar-refractivity contribution >= 4 is 22.8 Å². The molecule has 3 rings (SSSR count). The van der Waals surface area contributed by atoms with Crippen molar-refractivity contribution in [1.82, 2.24) is 14.5 Å². The molecule has 2 aromatic rings. The molecule has 0 bridgehead atoms. The molecule has 0 saturated carbocycles. The Bertz CT molecular complexity index is 1060. The number of imide groups is 1. The van der Waals surface area contributed by atoms with Gasteiger partial charge >= 0.3 is 5.69 Å². The summed E-state index contributed by atoms with van der Waals surface area (Å²) >= 11 is 0. The van der Waals surface area contributed by atoms with Crippen LogP contribution >= 0.6 is 0 Å². The molecule has 1 aliphatic heterocycles. The molecule has 1 aromatic heterocycles. The van der Waals surface area contributed by atoms with Crippen LogP contribution in [0.25, 0.3) is 11.0 Å². The van der Waals surface area contributed by atoms with Gasteiger partial charge in [0.2, 0.25) is 11.8 Å². The largest absolute Gasteiger partial charge is 0.379 e. The Morgan fingerprint density at radius 3 is 2.08 bits per heavy atom. The average Bonchev–Trinajstić information content (AvgIpc) is 3.08. The maximum atomic E-state index is 13.1. The summed E-state index contributed by atoms with van der Waals surface area (Å²) in [6.45, 7) is 20.7. The molecule has 2 amide bonds. The molecule has 0 aliphatic carbocycles. The Morgan fingerprint density at radius 2 is 1.53 bits per heavy atom.